The zero-order chi connectivity index (χ0) is 13.5. The number of rotatable bonds is 12. The van der Waals surface area contributed by atoms with Crippen molar-refractivity contribution in [2.45, 2.75) is 77.6 Å². The number of ether oxygens (including phenoxy) is 1. The van der Waals surface area contributed by atoms with Crippen molar-refractivity contribution in [2.75, 3.05) is 7.11 Å². The standard InChI is InChI=1S/C16H30O2/c1-3-4-5-6-7-8-9-10-11-12-13-14-15-16(17)18-2/h9-10H,3-8,11-15H2,1-2H3/b10-9-. The first-order valence-electron chi connectivity index (χ1n) is 7.53. The molecule has 0 aromatic carbocycles. The summed E-state index contributed by atoms with van der Waals surface area (Å²) in [6.07, 6.45) is 17.6. The van der Waals surface area contributed by atoms with E-state index >= 15 is 0 Å². The average molecular weight is 254 g/mol. The van der Waals surface area contributed by atoms with Gasteiger partial charge in [-0.1, -0.05) is 51.2 Å². The molecule has 0 spiro atoms. The molecule has 2 nitrogen and oxygen atoms in total. The van der Waals surface area contributed by atoms with Crippen LogP contribution in [0.2, 0.25) is 0 Å². The summed E-state index contributed by atoms with van der Waals surface area (Å²) in [5.74, 6) is -0.0855. The monoisotopic (exact) mass is 254 g/mol. The molecule has 0 rings (SSSR count). The summed E-state index contributed by atoms with van der Waals surface area (Å²) in [4.78, 5) is 10.9. The van der Waals surface area contributed by atoms with Crippen molar-refractivity contribution in [2.24, 2.45) is 0 Å². The molecule has 0 aromatic rings. The molecule has 0 saturated carbocycles. The van der Waals surface area contributed by atoms with Gasteiger partial charge in [0.05, 0.1) is 7.11 Å². The maximum Gasteiger partial charge on any atom is 0.305 e. The first-order valence-corrected chi connectivity index (χ1v) is 7.53. The lowest BCUT2D eigenvalue weighted by atomic mass is 10.1. The number of esters is 1. The third kappa shape index (κ3) is 13.3. The van der Waals surface area contributed by atoms with Crippen molar-refractivity contribution in [3.8, 4) is 0 Å². The lowest BCUT2D eigenvalue weighted by molar-refractivity contribution is -0.140. The minimum Gasteiger partial charge on any atom is -0.469 e. The van der Waals surface area contributed by atoms with Crippen molar-refractivity contribution in [1.29, 1.82) is 0 Å². The van der Waals surface area contributed by atoms with E-state index in [1.54, 1.807) is 0 Å². The van der Waals surface area contributed by atoms with Gasteiger partial charge in [-0.15, -0.1) is 0 Å². The molecule has 106 valence electrons. The largest absolute Gasteiger partial charge is 0.469 e. The van der Waals surface area contributed by atoms with Crippen molar-refractivity contribution < 1.29 is 9.53 Å². The van der Waals surface area contributed by atoms with Gasteiger partial charge in [0.25, 0.3) is 0 Å². The number of allylic oxidation sites excluding steroid dienone is 2. The normalized spacial score (nSPS) is 11.0. The predicted octanol–water partition coefficient (Wildman–Crippen LogP) is 5.03. The van der Waals surface area contributed by atoms with E-state index < -0.39 is 0 Å². The third-order valence-corrected chi connectivity index (χ3v) is 3.12. The fourth-order valence-corrected chi connectivity index (χ4v) is 1.91. The van der Waals surface area contributed by atoms with Crippen molar-refractivity contribution >= 4 is 5.97 Å². The summed E-state index contributed by atoms with van der Waals surface area (Å²) in [6, 6.07) is 0. The minimum atomic E-state index is -0.0855. The van der Waals surface area contributed by atoms with Gasteiger partial charge in [-0.05, 0) is 32.1 Å². The second-order valence-electron chi connectivity index (χ2n) is 4.85. The molecule has 2 heteroatoms. The quantitative estimate of drug-likeness (QED) is 0.277. The fraction of sp³-hybridized carbons (Fsp3) is 0.812. The van der Waals surface area contributed by atoms with Crippen molar-refractivity contribution in [1.82, 2.24) is 0 Å². The molecule has 0 fully saturated rings. The molecule has 0 unspecified atom stereocenters. The second-order valence-corrected chi connectivity index (χ2v) is 4.85. The second kappa shape index (κ2) is 14.3. The van der Waals surface area contributed by atoms with Crippen LogP contribution in [0.3, 0.4) is 0 Å². The van der Waals surface area contributed by atoms with Gasteiger partial charge >= 0.3 is 5.97 Å². The van der Waals surface area contributed by atoms with Crippen LogP contribution in [0.1, 0.15) is 77.6 Å². The Bertz CT molecular complexity index is 209. The lowest BCUT2D eigenvalue weighted by Gasteiger charge is -1.98. The Labute approximate surface area is 113 Å². The Morgan fingerprint density at radius 3 is 2.00 bits per heavy atom. The topological polar surface area (TPSA) is 26.3 Å². The molecule has 0 atom stereocenters. The van der Waals surface area contributed by atoms with Gasteiger partial charge in [-0.25, -0.2) is 0 Å². The number of carbonyl (C=O) groups excluding carboxylic acids is 1. The van der Waals surface area contributed by atoms with E-state index in [0.29, 0.717) is 6.42 Å². The van der Waals surface area contributed by atoms with Crippen LogP contribution in [0.15, 0.2) is 12.2 Å². The molecule has 18 heavy (non-hydrogen) atoms. The van der Waals surface area contributed by atoms with Gasteiger partial charge in [0.1, 0.15) is 0 Å². The zero-order valence-corrected chi connectivity index (χ0v) is 12.2. The summed E-state index contributed by atoms with van der Waals surface area (Å²) in [5.41, 5.74) is 0. The summed E-state index contributed by atoms with van der Waals surface area (Å²) in [6.45, 7) is 2.25. The van der Waals surface area contributed by atoms with Crippen LogP contribution >= 0.6 is 0 Å². The molecule has 0 heterocycles. The molecule has 0 saturated heterocycles. The SMILES string of the molecule is CCCCCCC/C=C\CCCCCC(=O)OC. The number of methoxy groups -OCH3 is 1. The molecule has 0 aliphatic carbocycles. The van der Waals surface area contributed by atoms with Gasteiger partial charge in [0.15, 0.2) is 0 Å². The van der Waals surface area contributed by atoms with Gasteiger partial charge in [-0.3, -0.25) is 4.79 Å². The molecule has 0 amide bonds. The molecular weight excluding hydrogens is 224 g/mol. The predicted molar refractivity (Wildman–Crippen MR) is 77.6 cm³/mol. The summed E-state index contributed by atoms with van der Waals surface area (Å²) in [7, 11) is 1.45. The first-order chi connectivity index (χ1) is 8.81. The summed E-state index contributed by atoms with van der Waals surface area (Å²) >= 11 is 0. The van der Waals surface area contributed by atoms with Crippen LogP contribution in [-0.2, 0) is 9.53 Å². The van der Waals surface area contributed by atoms with Gasteiger partial charge in [-0.2, -0.15) is 0 Å². The van der Waals surface area contributed by atoms with E-state index in [4.69, 9.17) is 0 Å². The van der Waals surface area contributed by atoms with Crippen LogP contribution in [0.25, 0.3) is 0 Å². The number of hydrogen-bond donors (Lipinski definition) is 0. The van der Waals surface area contributed by atoms with Crippen molar-refractivity contribution in [3.05, 3.63) is 12.2 Å². The fourth-order valence-electron chi connectivity index (χ4n) is 1.91. The Kier molecular flexibility index (Phi) is 13.6. The van der Waals surface area contributed by atoms with Gasteiger partial charge in [0.2, 0.25) is 0 Å². The number of unbranched alkanes of at least 4 members (excludes halogenated alkanes) is 8. The Morgan fingerprint density at radius 1 is 0.889 bits per heavy atom. The van der Waals surface area contributed by atoms with E-state index in [9.17, 15) is 4.79 Å². The Balaban J connectivity index is 3.11. The molecule has 0 aliphatic rings. The summed E-state index contributed by atoms with van der Waals surface area (Å²) in [5, 5.41) is 0. The van der Waals surface area contributed by atoms with Gasteiger partial charge in [0, 0.05) is 6.42 Å². The summed E-state index contributed by atoms with van der Waals surface area (Å²) < 4.78 is 4.60. The molecule has 0 radical (unpaired) electrons. The number of hydrogen-bond acceptors (Lipinski definition) is 2. The van der Waals surface area contributed by atoms with Crippen molar-refractivity contribution in [3.63, 3.8) is 0 Å². The average Bonchev–Trinajstić information content (AvgIpc) is 2.39. The van der Waals surface area contributed by atoms with Gasteiger partial charge < -0.3 is 4.74 Å². The van der Waals surface area contributed by atoms with Crippen LogP contribution < -0.4 is 0 Å². The van der Waals surface area contributed by atoms with E-state index in [1.165, 1.54) is 52.1 Å². The maximum atomic E-state index is 10.9. The smallest absolute Gasteiger partial charge is 0.305 e. The van der Waals surface area contributed by atoms with E-state index in [0.717, 1.165) is 19.3 Å². The highest BCUT2D eigenvalue weighted by atomic mass is 16.5. The molecule has 0 N–H and O–H groups in total. The highest BCUT2D eigenvalue weighted by Gasteiger charge is 1.97. The van der Waals surface area contributed by atoms with Crippen LogP contribution in [0.5, 0.6) is 0 Å². The highest BCUT2D eigenvalue weighted by Crippen LogP contribution is 2.07. The minimum absolute atomic E-state index is 0.0855. The van der Waals surface area contributed by atoms with Crippen LogP contribution in [0, 0.1) is 0 Å². The highest BCUT2D eigenvalue weighted by molar-refractivity contribution is 5.68. The van der Waals surface area contributed by atoms with E-state index in [-0.39, 0.29) is 5.97 Å². The molecule has 0 aromatic heterocycles. The first kappa shape index (κ1) is 17.2. The van der Waals surface area contributed by atoms with E-state index in [2.05, 4.69) is 23.8 Å². The number of carbonyl (C=O) groups is 1. The van der Waals surface area contributed by atoms with Crippen LogP contribution in [0.4, 0.5) is 0 Å². The van der Waals surface area contributed by atoms with Crippen LogP contribution in [-0.4, -0.2) is 13.1 Å². The zero-order valence-electron chi connectivity index (χ0n) is 12.2. The molecule has 0 bridgehead atoms. The van der Waals surface area contributed by atoms with E-state index in [1.807, 2.05) is 0 Å². The lowest BCUT2D eigenvalue weighted by Crippen LogP contribution is -1.98. The Morgan fingerprint density at radius 2 is 1.44 bits per heavy atom. The molecular formula is C16H30O2. The molecule has 0 aliphatic heterocycles. The Hall–Kier alpha value is -0.790. The maximum absolute atomic E-state index is 10.9. The third-order valence-electron chi connectivity index (χ3n) is 3.12.